The second-order valence-electron chi connectivity index (χ2n) is 8.47. The Morgan fingerprint density at radius 2 is 1.53 bits per heavy atom. The van der Waals surface area contributed by atoms with Gasteiger partial charge in [-0.25, -0.2) is 12.7 Å². The van der Waals surface area contributed by atoms with E-state index >= 15 is 0 Å². The minimum atomic E-state index is -3.37. The lowest BCUT2D eigenvalue weighted by Crippen LogP contribution is -2.43. The number of nitrogens with zero attached hydrogens (tertiary/aromatic N) is 2. The first kappa shape index (κ1) is 24.3. The van der Waals surface area contributed by atoms with Gasteiger partial charge in [0.05, 0.1) is 5.75 Å². The third kappa shape index (κ3) is 6.33. The third-order valence-electron chi connectivity index (χ3n) is 6.22. The maximum absolute atomic E-state index is 12.8. The van der Waals surface area contributed by atoms with E-state index in [1.807, 2.05) is 43.3 Å². The Hall–Kier alpha value is -2.38. The Balaban J connectivity index is 1.47. The summed E-state index contributed by atoms with van der Waals surface area (Å²) >= 11 is 0. The van der Waals surface area contributed by atoms with E-state index < -0.39 is 10.0 Å². The molecule has 0 aliphatic carbocycles. The molecule has 1 fully saturated rings. The Bertz CT molecular complexity index is 976. The molecule has 1 aliphatic heterocycles. The van der Waals surface area contributed by atoms with Crippen molar-refractivity contribution in [2.45, 2.75) is 45.9 Å². The molecule has 0 spiro atoms. The topological polar surface area (TPSA) is 69.7 Å². The normalized spacial score (nSPS) is 15.5. The maximum Gasteiger partial charge on any atom is 0.223 e. The van der Waals surface area contributed by atoms with Gasteiger partial charge in [0.25, 0.3) is 0 Å². The molecule has 0 atom stereocenters. The van der Waals surface area contributed by atoms with E-state index in [1.165, 1.54) is 9.99 Å². The molecule has 2 aromatic carbocycles. The lowest BCUT2D eigenvalue weighted by atomic mass is 9.97. The molecule has 174 valence electrons. The number of sulfonamides is 1. The fourth-order valence-electron chi connectivity index (χ4n) is 4.13. The van der Waals surface area contributed by atoms with Crippen molar-refractivity contribution in [2.75, 3.05) is 31.1 Å². The summed E-state index contributed by atoms with van der Waals surface area (Å²) < 4.78 is 27.1. The van der Waals surface area contributed by atoms with Crippen molar-refractivity contribution in [3.05, 3.63) is 65.2 Å². The van der Waals surface area contributed by atoms with Crippen LogP contribution in [0.4, 0.5) is 5.69 Å². The van der Waals surface area contributed by atoms with Gasteiger partial charge in [-0.1, -0.05) is 42.0 Å². The molecular formula is C25H35N3O3S. The number of anilines is 1. The smallest absolute Gasteiger partial charge is 0.223 e. The summed E-state index contributed by atoms with van der Waals surface area (Å²) in [5.74, 6) is -0.127. The SMILES string of the molecule is CCN(CC)c1ccc(CNC(=O)C2CCN(S(=O)(=O)Cc3ccc(C)cc3)CC2)cc1. The fraction of sp³-hybridized carbons (Fsp3) is 0.480. The second-order valence-corrected chi connectivity index (χ2v) is 10.4. The zero-order valence-electron chi connectivity index (χ0n) is 19.4. The molecule has 0 aromatic heterocycles. The minimum absolute atomic E-state index is 0.00757. The highest BCUT2D eigenvalue weighted by atomic mass is 32.2. The summed E-state index contributed by atoms with van der Waals surface area (Å²) in [6.45, 7) is 9.46. The summed E-state index contributed by atoms with van der Waals surface area (Å²) in [7, 11) is -3.37. The third-order valence-corrected chi connectivity index (χ3v) is 8.07. The summed E-state index contributed by atoms with van der Waals surface area (Å²) in [4.78, 5) is 14.9. The van der Waals surface area contributed by atoms with Crippen LogP contribution in [-0.2, 0) is 27.1 Å². The van der Waals surface area contributed by atoms with Gasteiger partial charge in [0.1, 0.15) is 0 Å². The first-order valence-electron chi connectivity index (χ1n) is 11.5. The Morgan fingerprint density at radius 1 is 0.969 bits per heavy atom. The minimum Gasteiger partial charge on any atom is -0.372 e. The Labute approximate surface area is 192 Å². The number of benzene rings is 2. The van der Waals surface area contributed by atoms with Crippen LogP contribution in [0.25, 0.3) is 0 Å². The molecule has 1 aliphatic rings. The lowest BCUT2D eigenvalue weighted by molar-refractivity contribution is -0.126. The van der Waals surface area contributed by atoms with Crippen LogP contribution in [0.2, 0.25) is 0 Å². The van der Waals surface area contributed by atoms with Gasteiger partial charge < -0.3 is 10.2 Å². The van der Waals surface area contributed by atoms with Gasteiger partial charge in [0.15, 0.2) is 0 Å². The van der Waals surface area contributed by atoms with E-state index in [0.717, 1.165) is 29.8 Å². The number of hydrogen-bond acceptors (Lipinski definition) is 4. The molecule has 0 radical (unpaired) electrons. The average Bonchev–Trinajstić information content (AvgIpc) is 2.80. The summed E-state index contributed by atoms with van der Waals surface area (Å²) in [6.07, 6.45) is 1.11. The van der Waals surface area contributed by atoms with E-state index in [9.17, 15) is 13.2 Å². The van der Waals surface area contributed by atoms with Crippen molar-refractivity contribution >= 4 is 21.6 Å². The van der Waals surface area contributed by atoms with Gasteiger partial charge in [0.2, 0.25) is 15.9 Å². The standard InChI is InChI=1S/C25H35N3O3S/c1-4-27(5-2)24-12-10-21(11-13-24)18-26-25(29)23-14-16-28(17-15-23)32(30,31)19-22-8-6-20(3)7-9-22/h6-13,23H,4-5,14-19H2,1-3H3,(H,26,29). The second kappa shape index (κ2) is 11.0. The molecule has 0 saturated carbocycles. The highest BCUT2D eigenvalue weighted by molar-refractivity contribution is 7.88. The van der Waals surface area contributed by atoms with Crippen molar-refractivity contribution in [1.82, 2.24) is 9.62 Å². The molecule has 1 amide bonds. The summed E-state index contributed by atoms with van der Waals surface area (Å²) in [5, 5.41) is 3.02. The predicted molar refractivity (Wildman–Crippen MR) is 130 cm³/mol. The molecule has 3 rings (SSSR count). The number of carbonyl (C=O) groups excluding carboxylic acids is 1. The van der Waals surface area contributed by atoms with E-state index in [4.69, 9.17) is 0 Å². The lowest BCUT2D eigenvalue weighted by Gasteiger charge is -2.30. The van der Waals surface area contributed by atoms with Gasteiger partial charge in [-0.15, -0.1) is 0 Å². The Kier molecular flexibility index (Phi) is 8.32. The van der Waals surface area contributed by atoms with E-state index in [2.05, 4.69) is 36.2 Å². The van der Waals surface area contributed by atoms with Crippen molar-refractivity contribution in [3.8, 4) is 0 Å². The molecule has 2 aromatic rings. The van der Waals surface area contributed by atoms with Crippen molar-refractivity contribution < 1.29 is 13.2 Å². The molecule has 1 N–H and O–H groups in total. The highest BCUT2D eigenvalue weighted by Crippen LogP contribution is 2.22. The van der Waals surface area contributed by atoms with Gasteiger partial charge in [-0.05, 0) is 56.9 Å². The Morgan fingerprint density at radius 3 is 2.09 bits per heavy atom. The van der Waals surface area contributed by atoms with Crippen LogP contribution in [0.5, 0.6) is 0 Å². The number of hydrogen-bond donors (Lipinski definition) is 1. The number of aryl methyl sites for hydroxylation is 1. The van der Waals surface area contributed by atoms with Crippen LogP contribution in [0.1, 0.15) is 43.4 Å². The zero-order valence-corrected chi connectivity index (χ0v) is 20.2. The zero-order chi connectivity index (χ0) is 23.1. The first-order chi connectivity index (χ1) is 15.3. The van der Waals surface area contributed by atoms with Crippen molar-refractivity contribution in [1.29, 1.82) is 0 Å². The van der Waals surface area contributed by atoms with Gasteiger partial charge in [0, 0.05) is 44.3 Å². The molecule has 32 heavy (non-hydrogen) atoms. The van der Waals surface area contributed by atoms with Gasteiger partial charge in [-0.2, -0.15) is 0 Å². The molecule has 6 nitrogen and oxygen atoms in total. The average molecular weight is 458 g/mol. The van der Waals surface area contributed by atoms with Gasteiger partial charge in [-0.3, -0.25) is 4.79 Å². The number of rotatable bonds is 9. The number of nitrogens with one attached hydrogen (secondary N) is 1. The van der Waals surface area contributed by atoms with Gasteiger partial charge >= 0.3 is 0 Å². The van der Waals surface area contributed by atoms with Crippen LogP contribution in [-0.4, -0.2) is 44.8 Å². The molecule has 0 unspecified atom stereocenters. The van der Waals surface area contributed by atoms with Crippen LogP contribution in [0.3, 0.4) is 0 Å². The quantitative estimate of drug-likeness (QED) is 0.623. The molecule has 1 saturated heterocycles. The van der Waals surface area contributed by atoms with Crippen LogP contribution < -0.4 is 10.2 Å². The van der Waals surface area contributed by atoms with E-state index in [1.54, 1.807) is 0 Å². The largest absolute Gasteiger partial charge is 0.372 e. The summed E-state index contributed by atoms with van der Waals surface area (Å²) in [6, 6.07) is 15.9. The van der Waals surface area contributed by atoms with E-state index in [0.29, 0.717) is 32.5 Å². The number of piperidine rings is 1. The number of amides is 1. The maximum atomic E-state index is 12.8. The highest BCUT2D eigenvalue weighted by Gasteiger charge is 2.31. The monoisotopic (exact) mass is 457 g/mol. The van der Waals surface area contributed by atoms with Crippen molar-refractivity contribution in [2.24, 2.45) is 5.92 Å². The first-order valence-corrected chi connectivity index (χ1v) is 13.1. The van der Waals surface area contributed by atoms with Crippen LogP contribution in [0.15, 0.2) is 48.5 Å². The van der Waals surface area contributed by atoms with E-state index in [-0.39, 0.29) is 17.6 Å². The predicted octanol–water partition coefficient (Wildman–Crippen LogP) is 3.70. The molecular weight excluding hydrogens is 422 g/mol. The summed E-state index contributed by atoms with van der Waals surface area (Å²) in [5.41, 5.74) is 4.15. The molecule has 0 bridgehead atoms. The number of carbonyl (C=O) groups is 1. The molecule has 1 heterocycles. The van der Waals surface area contributed by atoms with Crippen molar-refractivity contribution in [3.63, 3.8) is 0 Å². The van der Waals surface area contributed by atoms with Crippen LogP contribution in [0, 0.1) is 12.8 Å². The molecule has 7 heteroatoms. The fourth-order valence-corrected chi connectivity index (χ4v) is 5.69. The van der Waals surface area contributed by atoms with Crippen LogP contribution >= 0.6 is 0 Å².